The number of nitrogens with zero attached hydrogens (tertiary/aromatic N) is 2. The van der Waals surface area contributed by atoms with Crippen LogP contribution in [0.5, 0.6) is 0 Å². The molecule has 2 aliphatic rings. The minimum Gasteiger partial charge on any atom is -0.310 e. The summed E-state index contributed by atoms with van der Waals surface area (Å²) >= 11 is 0. The summed E-state index contributed by atoms with van der Waals surface area (Å²) in [6.45, 7) is 0.790. The number of alkyl halides is 1. The van der Waals surface area contributed by atoms with Gasteiger partial charge in [0, 0.05) is 37.7 Å². The molecule has 1 aromatic heterocycles. The number of benzene rings is 1. The molecule has 1 aromatic carbocycles. The predicted octanol–water partition coefficient (Wildman–Crippen LogP) is 3.00. The fraction of sp³-hybridized carbons (Fsp3) is 0.444. The Labute approximate surface area is 142 Å². The van der Waals surface area contributed by atoms with Gasteiger partial charge in [-0.2, -0.15) is 0 Å². The third kappa shape index (κ3) is 3.46. The molecule has 0 spiro atoms. The van der Waals surface area contributed by atoms with E-state index in [4.69, 9.17) is 0 Å². The van der Waals surface area contributed by atoms with Gasteiger partial charge in [-0.25, -0.2) is 18.2 Å². The van der Waals surface area contributed by atoms with Crippen molar-refractivity contribution >= 4 is 0 Å². The van der Waals surface area contributed by atoms with E-state index in [0.717, 1.165) is 31.0 Å². The molecule has 1 saturated heterocycles. The van der Waals surface area contributed by atoms with E-state index in [1.54, 1.807) is 0 Å². The van der Waals surface area contributed by atoms with Gasteiger partial charge >= 0.3 is 0 Å². The van der Waals surface area contributed by atoms with Crippen LogP contribution in [0, 0.1) is 11.6 Å². The summed E-state index contributed by atoms with van der Waals surface area (Å²) in [6, 6.07) is 4.25. The molecule has 7 heteroatoms. The first-order valence-corrected chi connectivity index (χ1v) is 8.39. The number of rotatable bonds is 4. The number of aromatic amines is 1. The van der Waals surface area contributed by atoms with E-state index < -0.39 is 17.3 Å². The van der Waals surface area contributed by atoms with E-state index in [-0.39, 0.29) is 24.1 Å². The van der Waals surface area contributed by atoms with Gasteiger partial charge < -0.3 is 4.98 Å². The van der Waals surface area contributed by atoms with Gasteiger partial charge in [0.2, 0.25) is 0 Å². The van der Waals surface area contributed by atoms with Crippen LogP contribution in [0.2, 0.25) is 0 Å². The smallest absolute Gasteiger partial charge is 0.251 e. The largest absolute Gasteiger partial charge is 0.310 e. The zero-order valence-corrected chi connectivity index (χ0v) is 13.6. The quantitative estimate of drug-likeness (QED) is 0.923. The van der Waals surface area contributed by atoms with Crippen LogP contribution in [0.15, 0.2) is 29.1 Å². The standard InChI is InChI=1S/C18H18F3N3O/c19-13-5-12(6-14(20)7-13)18(21)3-4-24(10-18)9-15-8-16(25)23-17(22-15)11-1-2-11/h5-8,11H,1-4,9-10H2,(H,22,23,25). The Morgan fingerprint density at radius 1 is 1.20 bits per heavy atom. The van der Waals surface area contributed by atoms with E-state index in [0.29, 0.717) is 30.5 Å². The van der Waals surface area contributed by atoms with Crippen LogP contribution in [0.4, 0.5) is 13.2 Å². The summed E-state index contributed by atoms with van der Waals surface area (Å²) in [5, 5.41) is 0. The summed E-state index contributed by atoms with van der Waals surface area (Å²) in [5.74, 6) is -0.547. The summed E-state index contributed by atoms with van der Waals surface area (Å²) in [7, 11) is 0. The molecule has 1 aliphatic carbocycles. The second-order valence-electron chi connectivity index (χ2n) is 6.98. The van der Waals surface area contributed by atoms with Crippen LogP contribution < -0.4 is 5.56 Å². The Morgan fingerprint density at radius 2 is 1.92 bits per heavy atom. The molecule has 1 atom stereocenters. The summed E-state index contributed by atoms with van der Waals surface area (Å²) in [5.41, 5.74) is -1.39. The van der Waals surface area contributed by atoms with Crippen molar-refractivity contribution in [2.24, 2.45) is 0 Å². The van der Waals surface area contributed by atoms with E-state index >= 15 is 4.39 Å². The number of halogens is 3. The molecule has 1 N–H and O–H groups in total. The van der Waals surface area contributed by atoms with E-state index in [2.05, 4.69) is 9.97 Å². The molecule has 2 heterocycles. The fourth-order valence-corrected chi connectivity index (χ4v) is 3.42. The molecular weight excluding hydrogens is 331 g/mol. The molecule has 2 fully saturated rings. The van der Waals surface area contributed by atoms with Gasteiger partial charge in [0.25, 0.3) is 5.56 Å². The zero-order chi connectivity index (χ0) is 17.6. The Balaban J connectivity index is 1.51. The third-order valence-corrected chi connectivity index (χ3v) is 4.84. The molecule has 4 rings (SSSR count). The average Bonchev–Trinajstić information content (AvgIpc) is 3.30. The van der Waals surface area contributed by atoms with Crippen molar-refractivity contribution in [3.63, 3.8) is 0 Å². The van der Waals surface area contributed by atoms with Crippen LogP contribution in [0.1, 0.15) is 42.3 Å². The highest BCUT2D eigenvalue weighted by molar-refractivity contribution is 5.26. The van der Waals surface area contributed by atoms with E-state index in [1.165, 1.54) is 6.07 Å². The first-order valence-electron chi connectivity index (χ1n) is 8.39. The van der Waals surface area contributed by atoms with Crippen molar-refractivity contribution in [2.75, 3.05) is 13.1 Å². The van der Waals surface area contributed by atoms with E-state index in [9.17, 15) is 13.6 Å². The minimum atomic E-state index is -1.80. The Bertz CT molecular complexity index is 845. The zero-order valence-electron chi connectivity index (χ0n) is 13.6. The molecule has 1 aliphatic heterocycles. The lowest BCUT2D eigenvalue weighted by molar-refractivity contribution is 0.163. The molecule has 0 radical (unpaired) electrons. The van der Waals surface area contributed by atoms with Crippen molar-refractivity contribution in [3.8, 4) is 0 Å². The molecule has 0 bridgehead atoms. The van der Waals surface area contributed by atoms with Gasteiger partial charge in [-0.05, 0) is 37.0 Å². The number of H-pyrrole nitrogens is 1. The van der Waals surface area contributed by atoms with Gasteiger partial charge in [0.05, 0.1) is 5.69 Å². The molecule has 2 aromatic rings. The molecule has 25 heavy (non-hydrogen) atoms. The van der Waals surface area contributed by atoms with Crippen molar-refractivity contribution < 1.29 is 13.2 Å². The number of nitrogens with one attached hydrogen (secondary N) is 1. The van der Waals surface area contributed by atoms with Crippen molar-refractivity contribution in [2.45, 2.75) is 37.4 Å². The highest BCUT2D eigenvalue weighted by Gasteiger charge is 2.40. The molecule has 1 unspecified atom stereocenters. The third-order valence-electron chi connectivity index (χ3n) is 4.84. The summed E-state index contributed by atoms with van der Waals surface area (Å²) in [4.78, 5) is 20.8. The molecule has 4 nitrogen and oxygen atoms in total. The van der Waals surface area contributed by atoms with Gasteiger partial charge in [0.15, 0.2) is 0 Å². The van der Waals surface area contributed by atoms with E-state index in [1.807, 2.05) is 4.90 Å². The van der Waals surface area contributed by atoms with Gasteiger partial charge in [-0.1, -0.05) is 0 Å². The number of hydrogen-bond donors (Lipinski definition) is 1. The summed E-state index contributed by atoms with van der Waals surface area (Å²) in [6.07, 6.45) is 2.19. The van der Waals surface area contributed by atoms with Crippen molar-refractivity contribution in [1.82, 2.24) is 14.9 Å². The normalized spacial score (nSPS) is 24.0. The fourth-order valence-electron chi connectivity index (χ4n) is 3.42. The highest BCUT2D eigenvalue weighted by Crippen LogP contribution is 2.38. The lowest BCUT2D eigenvalue weighted by Gasteiger charge is -2.21. The maximum absolute atomic E-state index is 15.2. The molecule has 1 saturated carbocycles. The van der Waals surface area contributed by atoms with Crippen LogP contribution in [0.25, 0.3) is 0 Å². The van der Waals surface area contributed by atoms with Gasteiger partial charge in [0.1, 0.15) is 23.1 Å². The van der Waals surface area contributed by atoms with Crippen LogP contribution >= 0.6 is 0 Å². The second kappa shape index (κ2) is 5.98. The van der Waals surface area contributed by atoms with Crippen LogP contribution in [-0.2, 0) is 12.2 Å². The summed E-state index contributed by atoms with van der Waals surface area (Å²) < 4.78 is 42.0. The van der Waals surface area contributed by atoms with Gasteiger partial charge in [-0.15, -0.1) is 0 Å². The SMILES string of the molecule is O=c1cc(CN2CCC(F)(c3cc(F)cc(F)c3)C2)nc(C2CC2)[nH]1. The average molecular weight is 349 g/mol. The maximum Gasteiger partial charge on any atom is 0.251 e. The topological polar surface area (TPSA) is 49.0 Å². The highest BCUT2D eigenvalue weighted by atomic mass is 19.1. The van der Waals surface area contributed by atoms with Crippen LogP contribution in [-0.4, -0.2) is 28.0 Å². The van der Waals surface area contributed by atoms with Gasteiger partial charge in [-0.3, -0.25) is 9.69 Å². The minimum absolute atomic E-state index is 0.0170. The van der Waals surface area contributed by atoms with Crippen molar-refractivity contribution in [3.05, 3.63) is 63.3 Å². The molecular formula is C18H18F3N3O. The second-order valence-corrected chi connectivity index (χ2v) is 6.98. The lowest BCUT2D eigenvalue weighted by atomic mass is 9.95. The Morgan fingerprint density at radius 3 is 2.60 bits per heavy atom. The monoisotopic (exact) mass is 349 g/mol. The number of aromatic nitrogens is 2. The Kier molecular flexibility index (Phi) is 3.91. The molecule has 132 valence electrons. The number of hydrogen-bond acceptors (Lipinski definition) is 3. The first kappa shape index (κ1) is 16.3. The van der Waals surface area contributed by atoms with Crippen LogP contribution in [0.3, 0.4) is 0 Å². The predicted molar refractivity (Wildman–Crippen MR) is 85.9 cm³/mol. The maximum atomic E-state index is 15.2. The number of likely N-dealkylation sites (tertiary alicyclic amines) is 1. The molecule has 0 amide bonds. The lowest BCUT2D eigenvalue weighted by Crippen LogP contribution is -2.28. The van der Waals surface area contributed by atoms with Crippen molar-refractivity contribution in [1.29, 1.82) is 0 Å². The first-order chi connectivity index (χ1) is 11.9. The Hall–Kier alpha value is -2.15.